The van der Waals surface area contributed by atoms with Crippen molar-refractivity contribution in [2.45, 2.75) is 70.3 Å². The highest BCUT2D eigenvalue weighted by molar-refractivity contribution is 5.29. The molecule has 0 spiro atoms. The fourth-order valence-electron chi connectivity index (χ4n) is 4.70. The van der Waals surface area contributed by atoms with E-state index < -0.39 is 0 Å². The summed E-state index contributed by atoms with van der Waals surface area (Å²) in [5, 5.41) is 12.5. The topological polar surface area (TPSA) is 55.2 Å². The van der Waals surface area contributed by atoms with Gasteiger partial charge >= 0.3 is 0 Å². The van der Waals surface area contributed by atoms with Gasteiger partial charge in [0, 0.05) is 19.6 Å². The summed E-state index contributed by atoms with van der Waals surface area (Å²) in [4.78, 5) is 2.46. The highest BCUT2D eigenvalue weighted by atomic mass is 16.5. The van der Waals surface area contributed by atoms with Crippen molar-refractivity contribution in [3.8, 4) is 5.75 Å². The van der Waals surface area contributed by atoms with Gasteiger partial charge in [-0.15, -0.1) is 10.2 Å². The third-order valence-corrected chi connectivity index (χ3v) is 6.14. The molecule has 3 aliphatic rings. The number of ether oxygens (including phenoxy) is 1. The zero-order valence-corrected chi connectivity index (χ0v) is 15.9. The van der Waals surface area contributed by atoms with Crippen LogP contribution in [0.15, 0.2) is 24.3 Å². The Morgan fingerprint density at radius 3 is 2.85 bits per heavy atom. The Labute approximate surface area is 160 Å². The molecule has 1 aromatic heterocycles. The Bertz CT molecular complexity index is 777. The molecule has 6 heteroatoms. The molecule has 0 unspecified atom stereocenters. The van der Waals surface area contributed by atoms with E-state index in [1.807, 2.05) is 0 Å². The SMILES string of the molecule is c1cc(CN2CCn3c(nnc3[C@@H]3CCCN3)C2)cc(OC2CCCC2)c1. The van der Waals surface area contributed by atoms with E-state index >= 15 is 0 Å². The van der Waals surface area contributed by atoms with Gasteiger partial charge in [0.25, 0.3) is 0 Å². The van der Waals surface area contributed by atoms with Gasteiger partial charge in [-0.05, 0) is 62.8 Å². The summed E-state index contributed by atoms with van der Waals surface area (Å²) in [7, 11) is 0. The quantitative estimate of drug-likeness (QED) is 0.880. The largest absolute Gasteiger partial charge is 0.490 e. The summed E-state index contributed by atoms with van der Waals surface area (Å²) in [6.45, 7) is 4.92. The Morgan fingerprint density at radius 2 is 2.00 bits per heavy atom. The van der Waals surface area contributed by atoms with Crippen molar-refractivity contribution in [3.05, 3.63) is 41.5 Å². The first-order chi connectivity index (χ1) is 13.3. The van der Waals surface area contributed by atoms with Gasteiger partial charge in [-0.25, -0.2) is 0 Å². The lowest BCUT2D eigenvalue weighted by molar-refractivity contribution is 0.201. The van der Waals surface area contributed by atoms with Crippen molar-refractivity contribution in [2.75, 3.05) is 13.1 Å². The summed E-state index contributed by atoms with van der Waals surface area (Å²) < 4.78 is 8.50. The molecule has 6 nitrogen and oxygen atoms in total. The Hall–Kier alpha value is -1.92. The molecular weight excluding hydrogens is 338 g/mol. The monoisotopic (exact) mass is 367 g/mol. The van der Waals surface area contributed by atoms with Crippen LogP contribution in [-0.2, 0) is 19.6 Å². The van der Waals surface area contributed by atoms with E-state index in [4.69, 9.17) is 4.74 Å². The summed E-state index contributed by atoms with van der Waals surface area (Å²) >= 11 is 0. The van der Waals surface area contributed by atoms with Crippen molar-refractivity contribution >= 4 is 0 Å². The summed E-state index contributed by atoms with van der Waals surface area (Å²) in [5.41, 5.74) is 1.32. The second kappa shape index (κ2) is 7.60. The van der Waals surface area contributed by atoms with Crippen LogP contribution in [0.2, 0.25) is 0 Å². The number of rotatable bonds is 5. The maximum absolute atomic E-state index is 6.17. The molecule has 1 aromatic carbocycles. The lowest BCUT2D eigenvalue weighted by Crippen LogP contribution is -2.34. The standard InChI is InChI=1S/C21H29N5O/c1-2-7-17(6-1)27-18-8-3-5-16(13-18)14-25-11-12-26-20(15-25)23-24-21(26)19-9-4-10-22-19/h3,5,8,13,17,19,22H,1-2,4,6-7,9-12,14-15H2/t19-/m0/s1. The van der Waals surface area contributed by atoms with Crippen LogP contribution in [0.4, 0.5) is 0 Å². The van der Waals surface area contributed by atoms with E-state index in [1.54, 1.807) is 0 Å². The number of benzene rings is 1. The van der Waals surface area contributed by atoms with Crippen molar-refractivity contribution in [1.29, 1.82) is 0 Å². The van der Waals surface area contributed by atoms with Crippen LogP contribution in [-0.4, -0.2) is 38.9 Å². The van der Waals surface area contributed by atoms with Crippen LogP contribution >= 0.6 is 0 Å². The van der Waals surface area contributed by atoms with Crippen LogP contribution < -0.4 is 10.1 Å². The molecule has 0 amide bonds. The molecule has 1 saturated carbocycles. The van der Waals surface area contributed by atoms with Gasteiger partial charge in [0.15, 0.2) is 0 Å². The average Bonchev–Trinajstić information content (AvgIpc) is 3.43. The predicted octanol–water partition coefficient (Wildman–Crippen LogP) is 3.04. The smallest absolute Gasteiger partial charge is 0.150 e. The second-order valence-electron chi connectivity index (χ2n) is 8.16. The number of nitrogens with one attached hydrogen (secondary N) is 1. The van der Waals surface area contributed by atoms with Gasteiger partial charge in [-0.2, -0.15) is 0 Å². The lowest BCUT2D eigenvalue weighted by atomic mass is 10.1. The molecule has 27 heavy (non-hydrogen) atoms. The molecule has 3 heterocycles. The van der Waals surface area contributed by atoms with Crippen molar-refractivity contribution in [2.24, 2.45) is 0 Å². The third-order valence-electron chi connectivity index (χ3n) is 6.14. The van der Waals surface area contributed by atoms with E-state index in [0.717, 1.165) is 50.1 Å². The third kappa shape index (κ3) is 3.73. The van der Waals surface area contributed by atoms with Gasteiger partial charge in [0.1, 0.15) is 17.4 Å². The van der Waals surface area contributed by atoms with Gasteiger partial charge in [-0.3, -0.25) is 4.90 Å². The van der Waals surface area contributed by atoms with Crippen LogP contribution in [0.3, 0.4) is 0 Å². The Morgan fingerprint density at radius 1 is 1.07 bits per heavy atom. The maximum Gasteiger partial charge on any atom is 0.150 e. The summed E-state index contributed by atoms with van der Waals surface area (Å²) in [6, 6.07) is 9.02. The molecule has 0 radical (unpaired) electrons. The molecule has 2 aromatic rings. The molecule has 1 N–H and O–H groups in total. The van der Waals surface area contributed by atoms with E-state index in [1.165, 1.54) is 44.1 Å². The molecule has 1 saturated heterocycles. The first kappa shape index (κ1) is 17.2. The fraction of sp³-hybridized carbons (Fsp3) is 0.619. The number of nitrogens with zero attached hydrogens (tertiary/aromatic N) is 4. The average molecular weight is 367 g/mol. The highest BCUT2D eigenvalue weighted by Gasteiger charge is 2.27. The highest BCUT2D eigenvalue weighted by Crippen LogP contribution is 2.27. The predicted molar refractivity (Wildman–Crippen MR) is 103 cm³/mol. The first-order valence-corrected chi connectivity index (χ1v) is 10.5. The number of hydrogen-bond donors (Lipinski definition) is 1. The minimum atomic E-state index is 0.391. The maximum atomic E-state index is 6.17. The van der Waals surface area contributed by atoms with Gasteiger partial charge in [0.05, 0.1) is 18.7 Å². The van der Waals surface area contributed by atoms with E-state index in [2.05, 4.69) is 49.2 Å². The lowest BCUT2D eigenvalue weighted by Gasteiger charge is -2.28. The van der Waals surface area contributed by atoms with Crippen LogP contribution in [0, 0.1) is 0 Å². The molecule has 0 bridgehead atoms. The van der Waals surface area contributed by atoms with Crippen molar-refractivity contribution in [3.63, 3.8) is 0 Å². The van der Waals surface area contributed by atoms with Gasteiger partial charge < -0.3 is 14.6 Å². The van der Waals surface area contributed by atoms with Gasteiger partial charge in [-0.1, -0.05) is 12.1 Å². The van der Waals surface area contributed by atoms with Crippen LogP contribution in [0.25, 0.3) is 0 Å². The molecular formula is C21H29N5O. The normalized spacial score (nSPS) is 23.6. The molecule has 1 aliphatic carbocycles. The Balaban J connectivity index is 1.23. The zero-order valence-electron chi connectivity index (χ0n) is 15.9. The summed E-state index contributed by atoms with van der Waals surface area (Å²) in [6.07, 6.45) is 7.83. The molecule has 2 fully saturated rings. The number of fused-ring (bicyclic) bond motifs is 1. The Kier molecular flexibility index (Phi) is 4.84. The van der Waals surface area contributed by atoms with E-state index in [-0.39, 0.29) is 0 Å². The van der Waals surface area contributed by atoms with Gasteiger partial charge in [0.2, 0.25) is 0 Å². The van der Waals surface area contributed by atoms with E-state index in [0.29, 0.717) is 12.1 Å². The molecule has 1 atom stereocenters. The first-order valence-electron chi connectivity index (χ1n) is 10.5. The van der Waals surface area contributed by atoms with Crippen LogP contribution in [0.5, 0.6) is 5.75 Å². The van der Waals surface area contributed by atoms with Crippen molar-refractivity contribution < 1.29 is 4.74 Å². The second-order valence-corrected chi connectivity index (χ2v) is 8.16. The summed E-state index contributed by atoms with van der Waals surface area (Å²) in [5.74, 6) is 3.26. The van der Waals surface area contributed by atoms with Crippen LogP contribution in [0.1, 0.15) is 61.8 Å². The molecule has 2 aliphatic heterocycles. The van der Waals surface area contributed by atoms with Crippen molar-refractivity contribution in [1.82, 2.24) is 25.0 Å². The molecule has 5 rings (SSSR count). The fourth-order valence-corrected chi connectivity index (χ4v) is 4.70. The minimum absolute atomic E-state index is 0.391. The van der Waals surface area contributed by atoms with E-state index in [9.17, 15) is 0 Å². The minimum Gasteiger partial charge on any atom is -0.490 e. The number of hydrogen-bond acceptors (Lipinski definition) is 5. The number of aromatic nitrogens is 3. The molecule has 144 valence electrons. The zero-order chi connectivity index (χ0) is 18.1.